The van der Waals surface area contributed by atoms with E-state index in [2.05, 4.69) is 29.2 Å². The number of likely N-dealkylation sites (tertiary alicyclic amines) is 1. The molecule has 1 aliphatic rings. The molecule has 1 amide bonds. The van der Waals surface area contributed by atoms with Crippen LogP contribution >= 0.6 is 0 Å². The number of primary amides is 1. The fourth-order valence-corrected chi connectivity index (χ4v) is 2.63. The van der Waals surface area contributed by atoms with Gasteiger partial charge in [-0.05, 0) is 33.5 Å². The number of nitrogens with two attached hydrogens (primary N) is 1. The quantitative estimate of drug-likeness (QED) is 0.666. The van der Waals surface area contributed by atoms with Gasteiger partial charge in [-0.1, -0.05) is 13.8 Å². The molecular formula is C13H28N4O. The van der Waals surface area contributed by atoms with E-state index >= 15 is 0 Å². The molecule has 3 N–H and O–H groups in total. The van der Waals surface area contributed by atoms with Crippen LogP contribution in [0.15, 0.2) is 0 Å². The monoisotopic (exact) mass is 256 g/mol. The van der Waals surface area contributed by atoms with Gasteiger partial charge in [0.25, 0.3) is 0 Å². The molecule has 1 fully saturated rings. The maximum atomic E-state index is 11.5. The summed E-state index contributed by atoms with van der Waals surface area (Å²) in [6.45, 7) is 6.93. The Morgan fingerprint density at radius 3 is 2.67 bits per heavy atom. The predicted octanol–water partition coefficient (Wildman–Crippen LogP) is -0.136. The zero-order valence-electron chi connectivity index (χ0n) is 12.1. The summed E-state index contributed by atoms with van der Waals surface area (Å²) >= 11 is 0. The Morgan fingerprint density at radius 2 is 2.17 bits per heavy atom. The van der Waals surface area contributed by atoms with Gasteiger partial charge in [-0.2, -0.15) is 0 Å². The van der Waals surface area contributed by atoms with Crippen LogP contribution in [-0.2, 0) is 4.79 Å². The summed E-state index contributed by atoms with van der Waals surface area (Å²) in [5.41, 5.74) is 5.47. The molecule has 0 spiro atoms. The molecule has 2 atom stereocenters. The Labute approximate surface area is 111 Å². The Bertz CT molecular complexity index is 268. The summed E-state index contributed by atoms with van der Waals surface area (Å²) < 4.78 is 0. The van der Waals surface area contributed by atoms with Crippen LogP contribution in [0.2, 0.25) is 0 Å². The number of likely N-dealkylation sites (N-methyl/N-ethyl adjacent to an activating group) is 1. The van der Waals surface area contributed by atoms with Crippen molar-refractivity contribution in [1.82, 2.24) is 15.1 Å². The zero-order chi connectivity index (χ0) is 13.7. The number of hydrogen-bond acceptors (Lipinski definition) is 4. The average Bonchev–Trinajstić information content (AvgIpc) is 2.63. The Kier molecular flexibility index (Phi) is 6.05. The maximum Gasteiger partial charge on any atom is 0.235 e. The normalized spacial score (nSPS) is 22.9. The van der Waals surface area contributed by atoms with Crippen LogP contribution in [0.5, 0.6) is 0 Å². The summed E-state index contributed by atoms with van der Waals surface area (Å²) in [6.07, 6.45) is 2.43. The number of rotatable bonds is 7. The van der Waals surface area contributed by atoms with Gasteiger partial charge in [-0.15, -0.1) is 0 Å². The summed E-state index contributed by atoms with van der Waals surface area (Å²) in [5, 5.41) is 3.25. The average molecular weight is 256 g/mol. The molecule has 0 aromatic rings. The van der Waals surface area contributed by atoms with Crippen LogP contribution in [0.3, 0.4) is 0 Å². The zero-order valence-corrected chi connectivity index (χ0v) is 12.1. The third-order valence-electron chi connectivity index (χ3n) is 3.37. The van der Waals surface area contributed by atoms with Gasteiger partial charge in [0.1, 0.15) is 0 Å². The Balaban J connectivity index is 2.53. The van der Waals surface area contributed by atoms with Gasteiger partial charge >= 0.3 is 0 Å². The highest BCUT2D eigenvalue weighted by Gasteiger charge is 2.29. The van der Waals surface area contributed by atoms with Crippen molar-refractivity contribution in [2.75, 3.05) is 33.7 Å². The molecular weight excluding hydrogens is 228 g/mol. The van der Waals surface area contributed by atoms with Crippen LogP contribution in [-0.4, -0.2) is 67.6 Å². The number of nitrogens with one attached hydrogen (secondary N) is 1. The molecule has 18 heavy (non-hydrogen) atoms. The van der Waals surface area contributed by atoms with Crippen LogP contribution < -0.4 is 11.1 Å². The van der Waals surface area contributed by atoms with Crippen LogP contribution in [0, 0.1) is 0 Å². The molecule has 106 valence electrons. The second kappa shape index (κ2) is 7.07. The van der Waals surface area contributed by atoms with E-state index in [9.17, 15) is 4.79 Å². The Hall–Kier alpha value is -0.650. The highest BCUT2D eigenvalue weighted by molar-refractivity contribution is 5.80. The lowest BCUT2D eigenvalue weighted by atomic mass is 10.2. The second-order valence-electron chi connectivity index (χ2n) is 5.83. The van der Waals surface area contributed by atoms with Crippen molar-refractivity contribution in [2.24, 2.45) is 5.73 Å². The first-order valence-electron chi connectivity index (χ1n) is 6.84. The van der Waals surface area contributed by atoms with E-state index in [0.29, 0.717) is 6.04 Å². The topological polar surface area (TPSA) is 61.6 Å². The number of carbonyl (C=O) groups is 1. The largest absolute Gasteiger partial charge is 0.368 e. The molecule has 1 saturated heterocycles. The maximum absolute atomic E-state index is 11.5. The van der Waals surface area contributed by atoms with Gasteiger partial charge < -0.3 is 16.0 Å². The summed E-state index contributed by atoms with van der Waals surface area (Å²) in [7, 11) is 4.18. The predicted molar refractivity (Wildman–Crippen MR) is 74.4 cm³/mol. The van der Waals surface area contributed by atoms with Crippen molar-refractivity contribution in [3.05, 3.63) is 0 Å². The lowest BCUT2D eigenvalue weighted by Gasteiger charge is -2.30. The summed E-state index contributed by atoms with van der Waals surface area (Å²) in [4.78, 5) is 16.1. The van der Waals surface area contributed by atoms with Crippen molar-refractivity contribution in [3.63, 3.8) is 0 Å². The Morgan fingerprint density at radius 1 is 1.50 bits per heavy atom. The molecule has 5 nitrogen and oxygen atoms in total. The highest BCUT2D eigenvalue weighted by atomic mass is 16.1. The van der Waals surface area contributed by atoms with E-state index in [-0.39, 0.29) is 18.0 Å². The number of amides is 1. The van der Waals surface area contributed by atoms with E-state index in [1.165, 1.54) is 12.8 Å². The molecule has 2 unspecified atom stereocenters. The van der Waals surface area contributed by atoms with Gasteiger partial charge in [-0.3, -0.25) is 9.69 Å². The number of nitrogens with zero attached hydrogens (tertiary/aromatic N) is 2. The molecule has 0 aromatic carbocycles. The minimum atomic E-state index is -0.251. The van der Waals surface area contributed by atoms with Crippen LogP contribution in [0.25, 0.3) is 0 Å². The number of hydrogen-bond donors (Lipinski definition) is 2. The minimum Gasteiger partial charge on any atom is -0.368 e. The van der Waals surface area contributed by atoms with E-state index in [1.54, 1.807) is 0 Å². The standard InChI is InChI=1S/C13H28N4O/c1-10(2)15-12(13(14)18)9-17-7-5-6-11(17)8-16(3)4/h10-12,15H,5-9H2,1-4H3,(H2,14,18). The molecule has 0 saturated carbocycles. The lowest BCUT2D eigenvalue weighted by molar-refractivity contribution is -0.120. The molecule has 1 heterocycles. The van der Waals surface area contributed by atoms with E-state index in [4.69, 9.17) is 5.73 Å². The molecule has 5 heteroatoms. The molecule has 0 aliphatic carbocycles. The summed E-state index contributed by atoms with van der Waals surface area (Å²) in [6, 6.07) is 0.584. The highest BCUT2D eigenvalue weighted by Crippen LogP contribution is 2.17. The first-order chi connectivity index (χ1) is 8.40. The van der Waals surface area contributed by atoms with Gasteiger partial charge in [0.15, 0.2) is 0 Å². The van der Waals surface area contributed by atoms with Gasteiger partial charge in [-0.25, -0.2) is 0 Å². The van der Waals surface area contributed by atoms with Crippen molar-refractivity contribution in [2.45, 2.75) is 44.8 Å². The molecule has 1 rings (SSSR count). The van der Waals surface area contributed by atoms with Crippen LogP contribution in [0.4, 0.5) is 0 Å². The fraction of sp³-hybridized carbons (Fsp3) is 0.923. The van der Waals surface area contributed by atoms with E-state index in [1.807, 2.05) is 13.8 Å². The first kappa shape index (κ1) is 15.4. The van der Waals surface area contributed by atoms with Crippen LogP contribution in [0.1, 0.15) is 26.7 Å². The SMILES string of the molecule is CC(C)NC(CN1CCCC1CN(C)C)C(N)=O. The third kappa shape index (κ3) is 4.92. The fourth-order valence-electron chi connectivity index (χ4n) is 2.63. The second-order valence-corrected chi connectivity index (χ2v) is 5.83. The third-order valence-corrected chi connectivity index (χ3v) is 3.37. The molecule has 0 aromatic heterocycles. The van der Waals surface area contributed by atoms with Crippen molar-refractivity contribution in [1.29, 1.82) is 0 Å². The van der Waals surface area contributed by atoms with Crippen molar-refractivity contribution < 1.29 is 4.79 Å². The minimum absolute atomic E-state index is 0.243. The van der Waals surface area contributed by atoms with Gasteiger partial charge in [0.2, 0.25) is 5.91 Å². The van der Waals surface area contributed by atoms with Crippen molar-refractivity contribution in [3.8, 4) is 0 Å². The van der Waals surface area contributed by atoms with E-state index < -0.39 is 0 Å². The molecule has 1 aliphatic heterocycles. The number of carbonyl (C=O) groups excluding carboxylic acids is 1. The summed E-state index contributed by atoms with van der Waals surface area (Å²) in [5.74, 6) is -0.251. The molecule has 0 radical (unpaired) electrons. The van der Waals surface area contributed by atoms with Gasteiger partial charge in [0.05, 0.1) is 6.04 Å². The molecule has 0 bridgehead atoms. The smallest absolute Gasteiger partial charge is 0.235 e. The van der Waals surface area contributed by atoms with Crippen molar-refractivity contribution >= 4 is 5.91 Å². The lowest BCUT2D eigenvalue weighted by Crippen LogP contribution is -2.53. The van der Waals surface area contributed by atoms with E-state index in [0.717, 1.165) is 19.6 Å². The van der Waals surface area contributed by atoms with Gasteiger partial charge in [0, 0.05) is 25.2 Å². The first-order valence-corrected chi connectivity index (χ1v) is 6.84.